The Balaban J connectivity index is 1.93. The van der Waals surface area contributed by atoms with Crippen LogP contribution in [0.5, 0.6) is 5.75 Å². The summed E-state index contributed by atoms with van der Waals surface area (Å²) in [5.41, 5.74) is 0.745. The highest BCUT2D eigenvalue weighted by atomic mass is 35.5. The molecule has 1 aliphatic heterocycles. The van der Waals surface area contributed by atoms with E-state index in [1.807, 2.05) is 0 Å². The third-order valence-electron chi connectivity index (χ3n) is 3.08. The first-order valence-corrected chi connectivity index (χ1v) is 6.27. The summed E-state index contributed by atoms with van der Waals surface area (Å²) in [7, 11) is 0. The van der Waals surface area contributed by atoms with Crippen molar-refractivity contribution in [3.05, 3.63) is 58.4 Å². The summed E-state index contributed by atoms with van der Waals surface area (Å²) >= 11 is 5.67. The number of rotatable bonds is 1. The van der Waals surface area contributed by atoms with Crippen LogP contribution in [0.4, 0.5) is 18.9 Å². The average Bonchev–Trinajstić information content (AvgIpc) is 2.40. The molecule has 20 heavy (non-hydrogen) atoms. The number of benzene rings is 2. The maximum Gasteiger partial charge on any atom is 0.146 e. The molecule has 0 saturated heterocycles. The lowest BCUT2D eigenvalue weighted by molar-refractivity contribution is 0.204. The fraction of sp³-hybridized carbons (Fsp3) is 0.143. The molecule has 104 valence electrons. The van der Waals surface area contributed by atoms with Gasteiger partial charge in [-0.3, -0.25) is 0 Å². The molecule has 1 atom stereocenters. The molecule has 2 aromatic carbocycles. The van der Waals surface area contributed by atoms with Gasteiger partial charge in [0.2, 0.25) is 0 Å². The molecule has 2 nitrogen and oxygen atoms in total. The number of fused-ring (bicyclic) bond motifs is 1. The number of hydrogen-bond donors (Lipinski definition) is 1. The second-order valence-corrected chi connectivity index (χ2v) is 4.82. The van der Waals surface area contributed by atoms with Crippen molar-refractivity contribution in [3.63, 3.8) is 0 Å². The first-order chi connectivity index (χ1) is 9.54. The fourth-order valence-electron chi connectivity index (χ4n) is 2.10. The molecule has 1 N–H and O–H groups in total. The number of ether oxygens (including phenoxy) is 1. The van der Waals surface area contributed by atoms with Crippen molar-refractivity contribution in [2.45, 2.75) is 6.10 Å². The van der Waals surface area contributed by atoms with Gasteiger partial charge in [0, 0.05) is 17.7 Å². The maximum absolute atomic E-state index is 13.7. The zero-order chi connectivity index (χ0) is 14.3. The predicted molar refractivity (Wildman–Crippen MR) is 69.6 cm³/mol. The van der Waals surface area contributed by atoms with Gasteiger partial charge in [0.15, 0.2) is 0 Å². The van der Waals surface area contributed by atoms with Gasteiger partial charge >= 0.3 is 0 Å². The lowest BCUT2D eigenvalue weighted by Crippen LogP contribution is -2.24. The third kappa shape index (κ3) is 2.29. The predicted octanol–water partition coefficient (Wildman–Crippen LogP) is 4.30. The van der Waals surface area contributed by atoms with Gasteiger partial charge in [0.25, 0.3) is 0 Å². The molecule has 0 aliphatic carbocycles. The van der Waals surface area contributed by atoms with Crippen molar-refractivity contribution >= 4 is 17.3 Å². The Hall–Kier alpha value is -1.88. The number of nitrogens with one attached hydrogen (secondary N) is 1. The van der Waals surface area contributed by atoms with Crippen LogP contribution in [0.25, 0.3) is 0 Å². The molecule has 0 bridgehead atoms. The lowest BCUT2D eigenvalue weighted by Gasteiger charge is -2.28. The van der Waals surface area contributed by atoms with Crippen molar-refractivity contribution < 1.29 is 17.9 Å². The van der Waals surface area contributed by atoms with E-state index in [9.17, 15) is 13.2 Å². The first-order valence-electron chi connectivity index (χ1n) is 5.89. The molecule has 1 unspecified atom stereocenters. The topological polar surface area (TPSA) is 21.3 Å². The largest absolute Gasteiger partial charge is 0.481 e. The zero-order valence-electron chi connectivity index (χ0n) is 10.1. The summed E-state index contributed by atoms with van der Waals surface area (Å²) in [6.45, 7) is 0.275. The monoisotopic (exact) mass is 299 g/mol. The molecule has 0 radical (unpaired) electrons. The van der Waals surface area contributed by atoms with Crippen LogP contribution >= 0.6 is 11.6 Å². The van der Waals surface area contributed by atoms with Crippen molar-refractivity contribution in [1.82, 2.24) is 0 Å². The minimum atomic E-state index is -0.699. The van der Waals surface area contributed by atoms with Crippen molar-refractivity contribution in [3.8, 4) is 5.75 Å². The average molecular weight is 300 g/mol. The highest BCUT2D eigenvalue weighted by molar-refractivity contribution is 6.31. The quantitative estimate of drug-likeness (QED) is 0.847. The fourth-order valence-corrected chi connectivity index (χ4v) is 2.26. The first kappa shape index (κ1) is 13.1. The molecule has 3 rings (SSSR count). The number of anilines is 1. The third-order valence-corrected chi connectivity index (χ3v) is 3.37. The Morgan fingerprint density at radius 3 is 2.65 bits per heavy atom. The van der Waals surface area contributed by atoms with E-state index in [0.29, 0.717) is 5.69 Å². The van der Waals surface area contributed by atoms with E-state index in [-0.39, 0.29) is 22.9 Å². The number of halogens is 4. The smallest absolute Gasteiger partial charge is 0.146 e. The van der Waals surface area contributed by atoms with Crippen molar-refractivity contribution in [2.75, 3.05) is 11.9 Å². The highest BCUT2D eigenvalue weighted by Gasteiger charge is 2.24. The van der Waals surface area contributed by atoms with Gasteiger partial charge < -0.3 is 10.1 Å². The Bertz CT molecular complexity index is 678. The zero-order valence-corrected chi connectivity index (χ0v) is 10.8. The van der Waals surface area contributed by atoms with Crippen molar-refractivity contribution in [2.24, 2.45) is 0 Å². The van der Waals surface area contributed by atoms with Crippen molar-refractivity contribution in [1.29, 1.82) is 0 Å². The van der Waals surface area contributed by atoms with Crippen LogP contribution in [0.1, 0.15) is 11.7 Å². The summed E-state index contributed by atoms with van der Waals surface area (Å²) in [5.74, 6) is -1.73. The van der Waals surface area contributed by atoms with E-state index in [0.717, 1.165) is 18.2 Å². The van der Waals surface area contributed by atoms with Gasteiger partial charge in [-0.25, -0.2) is 13.2 Å². The van der Waals surface area contributed by atoms with Gasteiger partial charge in [-0.1, -0.05) is 11.6 Å². The Kier molecular flexibility index (Phi) is 3.22. The van der Waals surface area contributed by atoms with E-state index in [2.05, 4.69) is 5.32 Å². The molecule has 1 aliphatic rings. The molecule has 0 saturated carbocycles. The van der Waals surface area contributed by atoms with Gasteiger partial charge in [0.1, 0.15) is 29.3 Å². The van der Waals surface area contributed by atoms with Gasteiger partial charge in [-0.2, -0.15) is 0 Å². The summed E-state index contributed by atoms with van der Waals surface area (Å²) in [4.78, 5) is 0. The molecule has 0 fully saturated rings. The summed E-state index contributed by atoms with van der Waals surface area (Å²) in [6.07, 6.45) is -0.663. The van der Waals surface area contributed by atoms with Crippen LogP contribution in [0, 0.1) is 17.5 Å². The molecular weight excluding hydrogens is 291 g/mol. The van der Waals surface area contributed by atoms with Crippen LogP contribution < -0.4 is 10.1 Å². The molecule has 6 heteroatoms. The van der Waals surface area contributed by atoms with Gasteiger partial charge in [-0.05, 0) is 18.2 Å². The van der Waals surface area contributed by atoms with E-state index >= 15 is 0 Å². The summed E-state index contributed by atoms with van der Waals surface area (Å²) in [6, 6.07) is 5.80. The minimum absolute atomic E-state index is 0.0220. The molecule has 0 spiro atoms. The van der Waals surface area contributed by atoms with E-state index in [4.69, 9.17) is 16.3 Å². The van der Waals surface area contributed by atoms with E-state index < -0.39 is 23.6 Å². The minimum Gasteiger partial charge on any atom is -0.481 e. The normalized spacial score (nSPS) is 17.1. The highest BCUT2D eigenvalue weighted by Crippen LogP contribution is 2.37. The molecule has 2 aromatic rings. The molecule has 1 heterocycles. The summed E-state index contributed by atoms with van der Waals surface area (Å²) < 4.78 is 45.6. The van der Waals surface area contributed by atoms with E-state index in [1.54, 1.807) is 0 Å². The Morgan fingerprint density at radius 2 is 1.90 bits per heavy atom. The Morgan fingerprint density at radius 1 is 1.10 bits per heavy atom. The molecule has 0 aromatic heterocycles. The van der Waals surface area contributed by atoms with Gasteiger partial charge in [-0.15, -0.1) is 0 Å². The van der Waals surface area contributed by atoms with Crippen LogP contribution in [0.15, 0.2) is 30.3 Å². The van der Waals surface area contributed by atoms with Crippen LogP contribution in [0.3, 0.4) is 0 Å². The van der Waals surface area contributed by atoms with Crippen LogP contribution in [-0.2, 0) is 0 Å². The van der Waals surface area contributed by atoms with Crippen LogP contribution in [0.2, 0.25) is 5.02 Å². The molecule has 0 amide bonds. The Labute approximate surface area is 118 Å². The van der Waals surface area contributed by atoms with Gasteiger partial charge in [0.05, 0.1) is 17.3 Å². The second-order valence-electron chi connectivity index (χ2n) is 4.42. The summed E-state index contributed by atoms with van der Waals surface area (Å²) in [5, 5.41) is 2.96. The van der Waals surface area contributed by atoms with Crippen LogP contribution in [-0.4, -0.2) is 6.54 Å². The van der Waals surface area contributed by atoms with E-state index in [1.165, 1.54) is 12.1 Å². The molecular formula is C14H9ClF3NO. The second kappa shape index (κ2) is 4.90. The SMILES string of the molecule is Fc1ccc(C2CNc3cc(Cl)c(F)cc3O2)c(F)c1. The standard InChI is InChI=1S/C14H9ClF3NO/c15-9-4-12-13(5-11(9)18)20-14(6-19-12)8-2-1-7(16)3-10(8)17/h1-5,14,19H,6H2. The maximum atomic E-state index is 13.7. The number of hydrogen-bond acceptors (Lipinski definition) is 2. The lowest BCUT2D eigenvalue weighted by atomic mass is 10.1.